The zero-order chi connectivity index (χ0) is 9.38. The van der Waals surface area contributed by atoms with E-state index in [-0.39, 0.29) is 0 Å². The smallest absolute Gasteiger partial charge is 0.0401 e. The highest BCUT2D eigenvalue weighted by molar-refractivity contribution is 5.57. The number of para-hydroxylation sites is 1. The minimum atomic E-state index is 0.867. The summed E-state index contributed by atoms with van der Waals surface area (Å²) in [4.78, 5) is 2.51. The van der Waals surface area contributed by atoms with Gasteiger partial charge in [0.2, 0.25) is 0 Å². The second kappa shape index (κ2) is 3.30. The first-order valence-electron chi connectivity index (χ1n) is 5.61. The Morgan fingerprint density at radius 2 is 2.00 bits per heavy atom. The van der Waals surface area contributed by atoms with Crippen molar-refractivity contribution in [2.75, 3.05) is 18.0 Å². The van der Waals surface area contributed by atoms with Crippen molar-refractivity contribution in [2.45, 2.75) is 25.2 Å². The van der Waals surface area contributed by atoms with Gasteiger partial charge in [-0.2, -0.15) is 0 Å². The van der Waals surface area contributed by atoms with Crippen LogP contribution in [0.3, 0.4) is 0 Å². The molecule has 1 aliphatic carbocycles. The maximum absolute atomic E-state index is 2.51. The predicted octanol–water partition coefficient (Wildman–Crippen LogP) is 2.98. The monoisotopic (exact) mass is 186 g/mol. The van der Waals surface area contributed by atoms with Crippen LogP contribution in [0.15, 0.2) is 24.3 Å². The van der Waals surface area contributed by atoms with Crippen LogP contribution in [0, 0.1) is 6.42 Å². The summed E-state index contributed by atoms with van der Waals surface area (Å²) in [6.45, 7) is 2.35. The third-order valence-electron chi connectivity index (χ3n) is 3.25. The van der Waals surface area contributed by atoms with Crippen molar-refractivity contribution >= 4 is 5.69 Å². The van der Waals surface area contributed by atoms with E-state index in [4.69, 9.17) is 0 Å². The average molecular weight is 186 g/mol. The Morgan fingerprint density at radius 1 is 1.14 bits per heavy atom. The normalized spacial score (nSPS) is 21.6. The van der Waals surface area contributed by atoms with Gasteiger partial charge in [0.15, 0.2) is 0 Å². The molecule has 0 unspecified atom stereocenters. The van der Waals surface area contributed by atoms with E-state index in [1.807, 2.05) is 0 Å². The zero-order valence-electron chi connectivity index (χ0n) is 8.45. The Hall–Kier alpha value is -0.980. The molecule has 0 N–H and O–H groups in total. The Kier molecular flexibility index (Phi) is 1.97. The molecule has 1 radical (unpaired) electrons. The molecule has 0 atom stereocenters. The molecular weight excluding hydrogens is 170 g/mol. The Labute approximate surface area is 85.7 Å². The van der Waals surface area contributed by atoms with Gasteiger partial charge in [-0.1, -0.05) is 18.2 Å². The van der Waals surface area contributed by atoms with Crippen LogP contribution < -0.4 is 4.90 Å². The molecule has 2 fully saturated rings. The number of benzene rings is 1. The Balaban J connectivity index is 1.94. The summed E-state index contributed by atoms with van der Waals surface area (Å²) in [7, 11) is 0. The molecule has 1 nitrogen and oxygen atoms in total. The van der Waals surface area contributed by atoms with E-state index in [1.165, 1.54) is 31.5 Å². The van der Waals surface area contributed by atoms with Crippen LogP contribution in [-0.4, -0.2) is 13.1 Å². The predicted molar refractivity (Wildman–Crippen MR) is 59.5 cm³/mol. The van der Waals surface area contributed by atoms with Gasteiger partial charge in [0.25, 0.3) is 0 Å². The van der Waals surface area contributed by atoms with E-state index in [0.717, 1.165) is 12.5 Å². The van der Waals surface area contributed by atoms with Gasteiger partial charge in [0.05, 0.1) is 0 Å². The number of hydrogen-bond acceptors (Lipinski definition) is 1. The molecule has 0 amide bonds. The lowest BCUT2D eigenvalue weighted by Crippen LogP contribution is -2.18. The molecule has 14 heavy (non-hydrogen) atoms. The maximum Gasteiger partial charge on any atom is 0.0401 e. The van der Waals surface area contributed by atoms with Crippen molar-refractivity contribution in [3.05, 3.63) is 36.2 Å². The number of anilines is 1. The number of nitrogens with zero attached hydrogens (tertiary/aromatic N) is 1. The summed E-state index contributed by atoms with van der Waals surface area (Å²) in [6, 6.07) is 8.94. The van der Waals surface area contributed by atoms with Gasteiger partial charge < -0.3 is 4.90 Å². The van der Waals surface area contributed by atoms with Gasteiger partial charge in [-0.3, -0.25) is 0 Å². The lowest BCUT2D eigenvalue weighted by atomic mass is 10.1. The lowest BCUT2D eigenvalue weighted by Gasteiger charge is -2.21. The quantitative estimate of drug-likeness (QED) is 0.686. The van der Waals surface area contributed by atoms with Crippen molar-refractivity contribution in [3.8, 4) is 0 Å². The van der Waals surface area contributed by atoms with Crippen LogP contribution in [0.2, 0.25) is 0 Å². The SMILES string of the molecule is [CH]1CCN(c2ccccc2C2CC2)C1. The minimum absolute atomic E-state index is 0.867. The van der Waals surface area contributed by atoms with Crippen molar-refractivity contribution < 1.29 is 0 Å². The highest BCUT2D eigenvalue weighted by Crippen LogP contribution is 2.44. The standard InChI is InChI=1S/C13H16N/c1-2-6-13(14-9-3-4-10-14)12(5-1)11-7-8-11/h1-3,5-6,11H,4,7-10H2. The van der Waals surface area contributed by atoms with Gasteiger partial charge in [-0.15, -0.1) is 0 Å². The fourth-order valence-corrected chi connectivity index (χ4v) is 2.32. The van der Waals surface area contributed by atoms with Crippen molar-refractivity contribution in [1.29, 1.82) is 0 Å². The van der Waals surface area contributed by atoms with Crippen LogP contribution in [0.1, 0.15) is 30.7 Å². The fraction of sp³-hybridized carbons (Fsp3) is 0.462. The van der Waals surface area contributed by atoms with Crippen LogP contribution in [0.25, 0.3) is 0 Å². The molecule has 1 aromatic rings. The molecular formula is C13H16N. The van der Waals surface area contributed by atoms with E-state index >= 15 is 0 Å². The molecule has 2 aliphatic rings. The van der Waals surface area contributed by atoms with E-state index in [1.54, 1.807) is 5.56 Å². The van der Waals surface area contributed by atoms with Gasteiger partial charge in [-0.25, -0.2) is 0 Å². The molecule has 1 aliphatic heterocycles. The summed E-state index contributed by atoms with van der Waals surface area (Å²) in [6.07, 6.45) is 6.42. The molecule has 1 saturated carbocycles. The fourth-order valence-electron chi connectivity index (χ4n) is 2.32. The van der Waals surface area contributed by atoms with E-state index in [2.05, 4.69) is 35.6 Å². The van der Waals surface area contributed by atoms with Gasteiger partial charge in [0, 0.05) is 18.8 Å². The number of hydrogen-bond donors (Lipinski definition) is 0. The minimum Gasteiger partial charge on any atom is -0.371 e. The topological polar surface area (TPSA) is 3.24 Å². The summed E-state index contributed by atoms with van der Waals surface area (Å²) in [5, 5.41) is 0. The summed E-state index contributed by atoms with van der Waals surface area (Å²) in [5.41, 5.74) is 3.08. The Bertz CT molecular complexity index is 322. The lowest BCUT2D eigenvalue weighted by molar-refractivity contribution is 0.946. The summed E-state index contributed by atoms with van der Waals surface area (Å²) >= 11 is 0. The summed E-state index contributed by atoms with van der Waals surface area (Å²) in [5.74, 6) is 0.867. The van der Waals surface area contributed by atoms with Crippen molar-refractivity contribution in [3.63, 3.8) is 0 Å². The highest BCUT2D eigenvalue weighted by atomic mass is 15.1. The van der Waals surface area contributed by atoms with Gasteiger partial charge >= 0.3 is 0 Å². The molecule has 1 heteroatoms. The Morgan fingerprint density at radius 3 is 2.71 bits per heavy atom. The van der Waals surface area contributed by atoms with E-state index in [0.29, 0.717) is 0 Å². The van der Waals surface area contributed by atoms with E-state index < -0.39 is 0 Å². The molecule has 0 bridgehead atoms. The summed E-state index contributed by atoms with van der Waals surface area (Å²) < 4.78 is 0. The van der Waals surface area contributed by atoms with Crippen molar-refractivity contribution in [1.82, 2.24) is 0 Å². The van der Waals surface area contributed by atoms with Gasteiger partial charge in [-0.05, 0) is 43.2 Å². The van der Waals surface area contributed by atoms with E-state index in [9.17, 15) is 0 Å². The van der Waals surface area contributed by atoms with Crippen molar-refractivity contribution in [2.24, 2.45) is 0 Å². The molecule has 0 aromatic heterocycles. The third kappa shape index (κ3) is 1.41. The number of rotatable bonds is 2. The highest BCUT2D eigenvalue weighted by Gasteiger charge is 2.27. The maximum atomic E-state index is 2.51. The molecule has 1 saturated heterocycles. The molecule has 1 aromatic carbocycles. The average Bonchev–Trinajstić information content (AvgIpc) is 2.94. The van der Waals surface area contributed by atoms with Crippen LogP contribution in [0.5, 0.6) is 0 Å². The second-order valence-corrected chi connectivity index (χ2v) is 4.36. The van der Waals surface area contributed by atoms with Gasteiger partial charge in [0.1, 0.15) is 0 Å². The van der Waals surface area contributed by atoms with Crippen LogP contribution >= 0.6 is 0 Å². The molecule has 73 valence electrons. The van der Waals surface area contributed by atoms with Crippen LogP contribution in [0.4, 0.5) is 5.69 Å². The first kappa shape index (κ1) is 8.34. The largest absolute Gasteiger partial charge is 0.371 e. The molecule has 3 rings (SSSR count). The first-order valence-corrected chi connectivity index (χ1v) is 5.61. The van der Waals surface area contributed by atoms with Crippen LogP contribution in [-0.2, 0) is 0 Å². The zero-order valence-corrected chi connectivity index (χ0v) is 8.45. The third-order valence-corrected chi connectivity index (χ3v) is 3.25. The second-order valence-electron chi connectivity index (χ2n) is 4.36. The first-order chi connectivity index (χ1) is 6.95. The molecule has 0 spiro atoms. The molecule has 1 heterocycles.